The Hall–Kier alpha value is -2.61. The molecule has 2 aromatic rings. The van der Waals surface area contributed by atoms with Crippen molar-refractivity contribution < 1.29 is 18.3 Å². The summed E-state index contributed by atoms with van der Waals surface area (Å²) in [7, 11) is 1.40. The molecule has 0 radical (unpaired) electrons. The van der Waals surface area contributed by atoms with Crippen LogP contribution in [0.15, 0.2) is 36.4 Å². The number of hydrogen-bond acceptors (Lipinski definition) is 3. The highest BCUT2D eigenvalue weighted by atomic mass is 19.1. The van der Waals surface area contributed by atoms with Gasteiger partial charge >= 0.3 is 0 Å². The molecule has 0 unspecified atom stereocenters. The maximum absolute atomic E-state index is 13.6. The molecular formula is C14H9F2NO2. The maximum atomic E-state index is 13.6. The molecule has 0 aromatic heterocycles. The molecule has 0 saturated heterocycles. The van der Waals surface area contributed by atoms with Gasteiger partial charge in [0, 0.05) is 6.07 Å². The van der Waals surface area contributed by atoms with Gasteiger partial charge in [-0.15, -0.1) is 0 Å². The van der Waals surface area contributed by atoms with Crippen molar-refractivity contribution in [2.75, 3.05) is 7.11 Å². The predicted octanol–water partition coefficient (Wildman–Crippen LogP) is 3.64. The predicted molar refractivity (Wildman–Crippen MR) is 64.1 cm³/mol. The normalized spacial score (nSPS) is 9.79. The van der Waals surface area contributed by atoms with Crippen molar-refractivity contribution in [3.05, 3.63) is 53.6 Å². The highest BCUT2D eigenvalue weighted by Crippen LogP contribution is 2.33. The molecule has 0 aliphatic carbocycles. The highest BCUT2D eigenvalue weighted by Gasteiger charge is 2.11. The third-order valence-corrected chi connectivity index (χ3v) is 2.41. The minimum atomic E-state index is -0.703. The second-order valence-electron chi connectivity index (χ2n) is 3.65. The molecule has 5 heteroatoms. The summed E-state index contributed by atoms with van der Waals surface area (Å²) < 4.78 is 37.0. The third-order valence-electron chi connectivity index (χ3n) is 2.41. The smallest absolute Gasteiger partial charge is 0.172 e. The largest absolute Gasteiger partial charge is 0.493 e. The number of ether oxygens (including phenoxy) is 2. The number of nitriles is 1. The monoisotopic (exact) mass is 261 g/mol. The number of methoxy groups -OCH3 is 1. The number of hydrogen-bond donors (Lipinski definition) is 0. The van der Waals surface area contributed by atoms with Crippen LogP contribution in [0.4, 0.5) is 8.78 Å². The van der Waals surface area contributed by atoms with Crippen molar-refractivity contribution in [3.8, 4) is 23.3 Å². The molecule has 0 N–H and O–H groups in total. The van der Waals surface area contributed by atoms with E-state index in [9.17, 15) is 8.78 Å². The van der Waals surface area contributed by atoms with Crippen molar-refractivity contribution in [3.63, 3.8) is 0 Å². The molecule has 2 aromatic carbocycles. The van der Waals surface area contributed by atoms with Crippen molar-refractivity contribution in [1.82, 2.24) is 0 Å². The van der Waals surface area contributed by atoms with Crippen LogP contribution in [0, 0.1) is 23.0 Å². The van der Waals surface area contributed by atoms with E-state index in [2.05, 4.69) is 0 Å². The summed E-state index contributed by atoms with van der Waals surface area (Å²) in [4.78, 5) is 0. The molecule has 0 amide bonds. The number of halogens is 2. The Labute approximate surface area is 108 Å². The van der Waals surface area contributed by atoms with Crippen molar-refractivity contribution in [2.45, 2.75) is 0 Å². The van der Waals surface area contributed by atoms with Gasteiger partial charge in [0.1, 0.15) is 5.82 Å². The maximum Gasteiger partial charge on any atom is 0.172 e. The molecule has 0 aliphatic heterocycles. The topological polar surface area (TPSA) is 42.2 Å². The van der Waals surface area contributed by atoms with Crippen LogP contribution in [0.25, 0.3) is 0 Å². The summed E-state index contributed by atoms with van der Waals surface area (Å²) >= 11 is 0. The van der Waals surface area contributed by atoms with Gasteiger partial charge in [-0.2, -0.15) is 5.26 Å². The summed E-state index contributed by atoms with van der Waals surface area (Å²) in [5, 5.41) is 8.63. The zero-order valence-corrected chi connectivity index (χ0v) is 9.98. The Kier molecular flexibility index (Phi) is 3.62. The Morgan fingerprint density at radius 2 is 1.74 bits per heavy atom. The molecule has 0 fully saturated rings. The van der Waals surface area contributed by atoms with Gasteiger partial charge in [0.15, 0.2) is 23.1 Å². The first-order valence-corrected chi connectivity index (χ1v) is 5.35. The van der Waals surface area contributed by atoms with E-state index in [1.807, 2.05) is 6.07 Å². The van der Waals surface area contributed by atoms with Gasteiger partial charge in [-0.25, -0.2) is 8.78 Å². The molecule has 19 heavy (non-hydrogen) atoms. The molecule has 0 spiro atoms. The molecule has 0 saturated carbocycles. The Bertz CT molecular complexity index is 650. The van der Waals surface area contributed by atoms with Gasteiger partial charge in [0.05, 0.1) is 18.7 Å². The average molecular weight is 261 g/mol. The van der Waals surface area contributed by atoms with E-state index in [-0.39, 0.29) is 22.8 Å². The minimum Gasteiger partial charge on any atom is -0.493 e. The molecule has 0 bridgehead atoms. The molecule has 96 valence electrons. The minimum absolute atomic E-state index is 0.0612. The van der Waals surface area contributed by atoms with Gasteiger partial charge in [0.2, 0.25) is 0 Å². The summed E-state index contributed by atoms with van der Waals surface area (Å²) in [6.07, 6.45) is 0. The molecular weight excluding hydrogens is 252 g/mol. The summed E-state index contributed by atoms with van der Waals surface area (Å²) in [6.45, 7) is 0. The van der Waals surface area contributed by atoms with E-state index in [4.69, 9.17) is 14.7 Å². The lowest BCUT2D eigenvalue weighted by atomic mass is 10.2. The van der Waals surface area contributed by atoms with Crippen molar-refractivity contribution in [2.24, 2.45) is 0 Å². The Balaban J connectivity index is 2.36. The summed E-state index contributed by atoms with van der Waals surface area (Å²) in [5.74, 6) is -0.991. The number of benzene rings is 2. The lowest BCUT2D eigenvalue weighted by molar-refractivity contribution is 0.368. The third kappa shape index (κ3) is 2.80. The van der Waals surface area contributed by atoms with Gasteiger partial charge in [-0.05, 0) is 30.3 Å². The van der Waals surface area contributed by atoms with E-state index < -0.39 is 11.6 Å². The Morgan fingerprint density at radius 1 is 1.00 bits per heavy atom. The summed E-state index contributed by atoms with van der Waals surface area (Å²) in [6, 6.07) is 9.25. The van der Waals surface area contributed by atoms with Crippen LogP contribution in [-0.2, 0) is 0 Å². The average Bonchev–Trinajstić information content (AvgIpc) is 2.41. The Morgan fingerprint density at radius 3 is 2.37 bits per heavy atom. The van der Waals surface area contributed by atoms with Gasteiger partial charge in [-0.1, -0.05) is 0 Å². The van der Waals surface area contributed by atoms with Gasteiger partial charge in [0.25, 0.3) is 0 Å². The van der Waals surface area contributed by atoms with Crippen LogP contribution in [0.5, 0.6) is 17.2 Å². The lowest BCUT2D eigenvalue weighted by Crippen LogP contribution is -1.93. The van der Waals surface area contributed by atoms with Crippen LogP contribution in [0.3, 0.4) is 0 Å². The second kappa shape index (κ2) is 5.36. The van der Waals surface area contributed by atoms with E-state index in [0.29, 0.717) is 0 Å². The van der Waals surface area contributed by atoms with Crippen LogP contribution in [-0.4, -0.2) is 7.11 Å². The van der Waals surface area contributed by atoms with E-state index in [1.165, 1.54) is 31.4 Å². The quantitative estimate of drug-likeness (QED) is 0.847. The van der Waals surface area contributed by atoms with E-state index in [0.717, 1.165) is 12.1 Å². The lowest BCUT2D eigenvalue weighted by Gasteiger charge is -2.10. The highest BCUT2D eigenvalue weighted by molar-refractivity contribution is 5.44. The standard InChI is InChI=1S/C14H9F2NO2/c1-18-13-5-3-10(15)7-14(13)19-12-4-2-9(8-17)6-11(12)16/h2-7H,1H3. The first kappa shape index (κ1) is 12.8. The zero-order chi connectivity index (χ0) is 13.8. The van der Waals surface area contributed by atoms with E-state index in [1.54, 1.807) is 0 Å². The van der Waals surface area contributed by atoms with Crippen molar-refractivity contribution >= 4 is 0 Å². The van der Waals surface area contributed by atoms with Gasteiger partial charge < -0.3 is 9.47 Å². The molecule has 0 heterocycles. The summed E-state index contributed by atoms with van der Waals surface area (Å²) in [5.41, 5.74) is 0.177. The molecule has 3 nitrogen and oxygen atoms in total. The first-order chi connectivity index (χ1) is 9.13. The molecule has 0 aliphatic rings. The SMILES string of the molecule is COc1ccc(F)cc1Oc1ccc(C#N)cc1F. The number of rotatable bonds is 3. The fourth-order valence-electron chi connectivity index (χ4n) is 1.50. The van der Waals surface area contributed by atoms with E-state index >= 15 is 0 Å². The van der Waals surface area contributed by atoms with Crippen LogP contribution < -0.4 is 9.47 Å². The number of nitrogens with zero attached hydrogens (tertiary/aromatic N) is 1. The first-order valence-electron chi connectivity index (χ1n) is 5.35. The van der Waals surface area contributed by atoms with Crippen LogP contribution >= 0.6 is 0 Å². The second-order valence-corrected chi connectivity index (χ2v) is 3.65. The molecule has 2 rings (SSSR count). The van der Waals surface area contributed by atoms with Crippen LogP contribution in [0.1, 0.15) is 5.56 Å². The molecule has 0 atom stereocenters. The van der Waals surface area contributed by atoms with Crippen LogP contribution in [0.2, 0.25) is 0 Å². The van der Waals surface area contributed by atoms with Crippen molar-refractivity contribution in [1.29, 1.82) is 5.26 Å². The zero-order valence-electron chi connectivity index (χ0n) is 9.98. The van der Waals surface area contributed by atoms with Gasteiger partial charge in [-0.3, -0.25) is 0 Å². The fraction of sp³-hybridized carbons (Fsp3) is 0.0714. The fourth-order valence-corrected chi connectivity index (χ4v) is 1.50.